The average molecular weight is 256 g/mol. The minimum atomic E-state index is 0.293. The third kappa shape index (κ3) is 2.90. The maximum atomic E-state index is 5.47. The van der Waals surface area contributed by atoms with Gasteiger partial charge >= 0.3 is 0 Å². The molecule has 2 rings (SSSR count). The Kier molecular flexibility index (Phi) is 4.10. The number of hydrogen-bond acceptors (Lipinski definition) is 2. The molecule has 0 aliphatic heterocycles. The third-order valence-electron chi connectivity index (χ3n) is 3.48. The monoisotopic (exact) mass is 256 g/mol. The van der Waals surface area contributed by atoms with Crippen LogP contribution in [0.25, 0.3) is 0 Å². The van der Waals surface area contributed by atoms with Crippen molar-refractivity contribution in [2.24, 2.45) is 0 Å². The molecule has 19 heavy (non-hydrogen) atoms. The number of methoxy groups -OCH3 is 2. The van der Waals surface area contributed by atoms with Gasteiger partial charge in [0.15, 0.2) is 0 Å². The summed E-state index contributed by atoms with van der Waals surface area (Å²) in [6.07, 6.45) is 0. The molecule has 0 spiro atoms. The summed E-state index contributed by atoms with van der Waals surface area (Å²) >= 11 is 0. The van der Waals surface area contributed by atoms with Crippen LogP contribution in [0.3, 0.4) is 0 Å². The van der Waals surface area contributed by atoms with E-state index in [2.05, 4.69) is 44.2 Å². The van der Waals surface area contributed by atoms with Crippen molar-refractivity contribution in [3.05, 3.63) is 59.2 Å². The highest BCUT2D eigenvalue weighted by Gasteiger charge is 2.14. The van der Waals surface area contributed by atoms with Crippen molar-refractivity contribution in [3.63, 3.8) is 0 Å². The zero-order chi connectivity index (χ0) is 13.8. The first kappa shape index (κ1) is 13.5. The summed E-state index contributed by atoms with van der Waals surface area (Å²) in [6, 6.07) is 14.6. The molecule has 1 atom stereocenters. The summed E-state index contributed by atoms with van der Waals surface area (Å²) in [7, 11) is 3.36. The van der Waals surface area contributed by atoms with Gasteiger partial charge in [-0.3, -0.25) is 0 Å². The first-order valence-electron chi connectivity index (χ1n) is 6.44. The van der Waals surface area contributed by atoms with E-state index in [1.54, 1.807) is 14.2 Å². The molecular formula is C17H20O2. The van der Waals surface area contributed by atoms with Gasteiger partial charge in [0.25, 0.3) is 0 Å². The largest absolute Gasteiger partial charge is 0.497 e. The Morgan fingerprint density at radius 1 is 0.895 bits per heavy atom. The van der Waals surface area contributed by atoms with E-state index in [1.807, 2.05) is 12.1 Å². The average Bonchev–Trinajstić information content (AvgIpc) is 2.46. The molecule has 0 saturated heterocycles. The Bertz CT molecular complexity index is 544. The summed E-state index contributed by atoms with van der Waals surface area (Å²) in [5, 5.41) is 0. The summed E-state index contributed by atoms with van der Waals surface area (Å²) in [5.74, 6) is 1.98. The predicted octanol–water partition coefficient (Wildman–Crippen LogP) is 4.16. The molecule has 0 heterocycles. The zero-order valence-corrected chi connectivity index (χ0v) is 11.9. The van der Waals surface area contributed by atoms with Crippen LogP contribution in [0.5, 0.6) is 11.5 Å². The highest BCUT2D eigenvalue weighted by Crippen LogP contribution is 2.34. The smallest absolute Gasteiger partial charge is 0.126 e. The van der Waals surface area contributed by atoms with Crippen LogP contribution >= 0.6 is 0 Å². The molecule has 2 aromatic carbocycles. The molecule has 100 valence electrons. The summed E-state index contributed by atoms with van der Waals surface area (Å²) < 4.78 is 10.7. The van der Waals surface area contributed by atoms with Crippen molar-refractivity contribution >= 4 is 0 Å². The van der Waals surface area contributed by atoms with Crippen molar-refractivity contribution in [3.8, 4) is 11.5 Å². The van der Waals surface area contributed by atoms with Crippen LogP contribution < -0.4 is 9.47 Å². The van der Waals surface area contributed by atoms with E-state index >= 15 is 0 Å². The summed E-state index contributed by atoms with van der Waals surface area (Å²) in [4.78, 5) is 0. The zero-order valence-electron chi connectivity index (χ0n) is 11.9. The highest BCUT2D eigenvalue weighted by molar-refractivity contribution is 5.46. The lowest BCUT2D eigenvalue weighted by atomic mass is 9.92. The normalized spacial score (nSPS) is 12.0. The van der Waals surface area contributed by atoms with E-state index in [1.165, 1.54) is 16.7 Å². The van der Waals surface area contributed by atoms with Gasteiger partial charge in [-0.2, -0.15) is 0 Å². The lowest BCUT2D eigenvalue weighted by molar-refractivity contribution is 0.390. The molecular weight excluding hydrogens is 236 g/mol. The van der Waals surface area contributed by atoms with E-state index in [0.29, 0.717) is 5.92 Å². The summed E-state index contributed by atoms with van der Waals surface area (Å²) in [6.45, 7) is 4.29. The second-order valence-corrected chi connectivity index (χ2v) is 4.74. The van der Waals surface area contributed by atoms with E-state index in [-0.39, 0.29) is 0 Å². The third-order valence-corrected chi connectivity index (χ3v) is 3.48. The Morgan fingerprint density at radius 3 is 2.16 bits per heavy atom. The molecule has 0 saturated carbocycles. The molecule has 2 nitrogen and oxygen atoms in total. The Morgan fingerprint density at radius 2 is 1.58 bits per heavy atom. The maximum Gasteiger partial charge on any atom is 0.126 e. The topological polar surface area (TPSA) is 18.5 Å². The van der Waals surface area contributed by atoms with Crippen molar-refractivity contribution in [2.45, 2.75) is 19.8 Å². The predicted molar refractivity (Wildman–Crippen MR) is 78.2 cm³/mol. The van der Waals surface area contributed by atoms with E-state index < -0.39 is 0 Å². The second-order valence-electron chi connectivity index (χ2n) is 4.74. The number of hydrogen-bond donors (Lipinski definition) is 0. The lowest BCUT2D eigenvalue weighted by Crippen LogP contribution is -2.00. The molecule has 0 N–H and O–H groups in total. The van der Waals surface area contributed by atoms with Crippen LogP contribution in [0.15, 0.2) is 42.5 Å². The Balaban J connectivity index is 2.37. The summed E-state index contributed by atoms with van der Waals surface area (Å²) in [5.41, 5.74) is 3.74. The van der Waals surface area contributed by atoms with Crippen molar-refractivity contribution in [1.82, 2.24) is 0 Å². The second kappa shape index (κ2) is 5.79. The van der Waals surface area contributed by atoms with Crippen LogP contribution in [0, 0.1) is 6.92 Å². The maximum absolute atomic E-state index is 5.47. The van der Waals surface area contributed by atoms with E-state index in [4.69, 9.17) is 9.47 Å². The molecule has 0 aliphatic carbocycles. The van der Waals surface area contributed by atoms with Gasteiger partial charge in [0.2, 0.25) is 0 Å². The molecule has 0 amide bonds. The van der Waals surface area contributed by atoms with Gasteiger partial charge in [0.1, 0.15) is 11.5 Å². The van der Waals surface area contributed by atoms with Crippen LogP contribution in [-0.4, -0.2) is 14.2 Å². The van der Waals surface area contributed by atoms with Crippen molar-refractivity contribution in [2.75, 3.05) is 14.2 Å². The lowest BCUT2D eigenvalue weighted by Gasteiger charge is -2.17. The van der Waals surface area contributed by atoms with Gasteiger partial charge in [-0.05, 0) is 18.6 Å². The number of ether oxygens (including phenoxy) is 2. The Labute approximate surface area is 115 Å². The van der Waals surface area contributed by atoms with Gasteiger partial charge in [-0.1, -0.05) is 42.8 Å². The highest BCUT2D eigenvalue weighted by atomic mass is 16.5. The molecule has 2 aromatic rings. The number of rotatable bonds is 4. The Hall–Kier alpha value is -1.96. The standard InChI is InChI=1S/C17H20O2/c1-12-5-7-14(8-6-12)13(2)16-10-9-15(18-3)11-17(16)19-4/h5-11,13H,1-4H3. The molecule has 2 heteroatoms. The molecule has 0 fully saturated rings. The fraction of sp³-hybridized carbons (Fsp3) is 0.294. The first-order valence-corrected chi connectivity index (χ1v) is 6.44. The SMILES string of the molecule is COc1ccc(C(C)c2ccc(C)cc2)c(OC)c1. The van der Waals surface area contributed by atoms with E-state index in [9.17, 15) is 0 Å². The quantitative estimate of drug-likeness (QED) is 0.817. The van der Waals surface area contributed by atoms with E-state index in [0.717, 1.165) is 11.5 Å². The van der Waals surface area contributed by atoms with Crippen LogP contribution in [0.1, 0.15) is 29.5 Å². The van der Waals surface area contributed by atoms with Gasteiger partial charge in [-0.15, -0.1) is 0 Å². The minimum Gasteiger partial charge on any atom is -0.497 e. The molecule has 0 aromatic heterocycles. The molecule has 1 unspecified atom stereocenters. The van der Waals surface area contributed by atoms with Gasteiger partial charge in [0, 0.05) is 17.5 Å². The van der Waals surface area contributed by atoms with Crippen LogP contribution in [0.4, 0.5) is 0 Å². The number of aryl methyl sites for hydroxylation is 1. The fourth-order valence-corrected chi connectivity index (χ4v) is 2.21. The molecule has 0 bridgehead atoms. The van der Waals surface area contributed by atoms with Crippen molar-refractivity contribution in [1.29, 1.82) is 0 Å². The van der Waals surface area contributed by atoms with Gasteiger partial charge in [-0.25, -0.2) is 0 Å². The van der Waals surface area contributed by atoms with Gasteiger partial charge < -0.3 is 9.47 Å². The number of benzene rings is 2. The molecule has 0 aliphatic rings. The first-order chi connectivity index (χ1) is 9.15. The van der Waals surface area contributed by atoms with Crippen LogP contribution in [-0.2, 0) is 0 Å². The van der Waals surface area contributed by atoms with Crippen LogP contribution in [0.2, 0.25) is 0 Å². The minimum absolute atomic E-state index is 0.293. The molecule has 0 radical (unpaired) electrons. The van der Waals surface area contributed by atoms with Gasteiger partial charge in [0.05, 0.1) is 14.2 Å². The van der Waals surface area contributed by atoms with Crippen molar-refractivity contribution < 1.29 is 9.47 Å². The fourth-order valence-electron chi connectivity index (χ4n) is 2.21.